The summed E-state index contributed by atoms with van der Waals surface area (Å²) in [6.45, 7) is 4.83. The third kappa shape index (κ3) is 6.86. The van der Waals surface area contributed by atoms with E-state index in [0.29, 0.717) is 4.75 Å². The highest BCUT2D eigenvalue weighted by Crippen LogP contribution is 2.36. The molecule has 0 amide bonds. The van der Waals surface area contributed by atoms with Gasteiger partial charge >= 0.3 is 0 Å². The Morgan fingerprint density at radius 1 is 1.32 bits per heavy atom. The molecule has 2 aromatic rings. The van der Waals surface area contributed by atoms with E-state index in [1.807, 2.05) is 12.1 Å². The number of thioether (sulfide) groups is 1. The molecule has 4 nitrogen and oxygen atoms in total. The second kappa shape index (κ2) is 10.5. The van der Waals surface area contributed by atoms with Gasteiger partial charge in [0.2, 0.25) is 0 Å². The van der Waals surface area contributed by atoms with E-state index in [-0.39, 0.29) is 24.0 Å². The summed E-state index contributed by atoms with van der Waals surface area (Å²) in [5.74, 6) is 3.16. The van der Waals surface area contributed by atoms with Gasteiger partial charge in [-0.2, -0.15) is 11.8 Å². The first-order valence-electron chi connectivity index (χ1n) is 8.44. The molecule has 1 saturated heterocycles. The first-order chi connectivity index (χ1) is 11.7. The standard InChI is InChI=1S/C18H25N3OS2.HI/c1-18(8-4-12-24-18)14-21-17(20-13-16-6-3-11-23-16)19-9-7-15-5-2-10-22-15;/h2-3,5-6,10-11H,4,7-9,12-14H2,1H3,(H2,19,20,21);1H. The zero-order chi connectivity index (χ0) is 16.7. The fourth-order valence-corrected chi connectivity index (χ4v) is 4.61. The van der Waals surface area contributed by atoms with Crippen LogP contribution in [0, 0.1) is 0 Å². The van der Waals surface area contributed by atoms with Crippen LogP contribution >= 0.6 is 47.1 Å². The van der Waals surface area contributed by atoms with Crippen LogP contribution in [0.3, 0.4) is 0 Å². The maximum atomic E-state index is 5.39. The topological polar surface area (TPSA) is 49.6 Å². The number of hydrogen-bond donors (Lipinski definition) is 2. The van der Waals surface area contributed by atoms with Crippen LogP contribution in [0.2, 0.25) is 0 Å². The summed E-state index contributed by atoms with van der Waals surface area (Å²) in [6, 6.07) is 8.14. The van der Waals surface area contributed by atoms with Crippen molar-refractivity contribution in [2.24, 2.45) is 4.99 Å². The van der Waals surface area contributed by atoms with Gasteiger partial charge in [0.15, 0.2) is 5.96 Å². The van der Waals surface area contributed by atoms with Crippen LogP contribution in [0.1, 0.15) is 30.4 Å². The molecule has 0 spiro atoms. The first kappa shape index (κ1) is 20.6. The van der Waals surface area contributed by atoms with Crippen molar-refractivity contribution in [2.75, 3.05) is 18.8 Å². The maximum absolute atomic E-state index is 5.39. The summed E-state index contributed by atoms with van der Waals surface area (Å²) in [4.78, 5) is 6.02. The van der Waals surface area contributed by atoms with Gasteiger partial charge in [0.1, 0.15) is 5.76 Å². The molecule has 1 unspecified atom stereocenters. The molecule has 2 N–H and O–H groups in total. The number of guanidine groups is 1. The molecule has 0 aromatic carbocycles. The van der Waals surface area contributed by atoms with Crippen molar-refractivity contribution in [3.63, 3.8) is 0 Å². The average Bonchev–Trinajstić information content (AvgIpc) is 3.32. The Morgan fingerprint density at radius 2 is 2.24 bits per heavy atom. The number of halogens is 1. The summed E-state index contributed by atoms with van der Waals surface area (Å²) in [5, 5.41) is 9.07. The number of furan rings is 1. The Kier molecular flexibility index (Phi) is 8.65. The lowest BCUT2D eigenvalue weighted by atomic mass is 10.1. The molecule has 0 radical (unpaired) electrons. The van der Waals surface area contributed by atoms with Crippen LogP contribution in [0.5, 0.6) is 0 Å². The minimum Gasteiger partial charge on any atom is -0.469 e. The van der Waals surface area contributed by atoms with Gasteiger partial charge in [-0.15, -0.1) is 35.3 Å². The Hall–Kier alpha value is -0.670. The van der Waals surface area contributed by atoms with E-state index in [9.17, 15) is 0 Å². The van der Waals surface area contributed by atoms with Crippen LogP contribution in [0.15, 0.2) is 45.3 Å². The van der Waals surface area contributed by atoms with E-state index < -0.39 is 0 Å². The SMILES string of the molecule is CC1(CNC(=NCc2cccs2)NCCc2ccco2)CCCS1.I. The van der Waals surface area contributed by atoms with Crippen molar-refractivity contribution < 1.29 is 4.42 Å². The predicted octanol–water partition coefficient (Wildman–Crippen LogP) is 4.52. The molecule has 138 valence electrons. The van der Waals surface area contributed by atoms with Crippen LogP contribution in [0.4, 0.5) is 0 Å². The molecule has 7 heteroatoms. The van der Waals surface area contributed by atoms with Gasteiger partial charge in [0.05, 0.1) is 12.8 Å². The van der Waals surface area contributed by atoms with Crippen molar-refractivity contribution in [1.29, 1.82) is 0 Å². The third-order valence-corrected chi connectivity index (χ3v) is 6.55. The number of rotatable bonds is 7. The lowest BCUT2D eigenvalue weighted by Gasteiger charge is -2.24. The second-order valence-corrected chi connectivity index (χ2v) is 8.97. The van der Waals surface area contributed by atoms with Crippen molar-refractivity contribution in [3.8, 4) is 0 Å². The fourth-order valence-electron chi connectivity index (χ4n) is 2.74. The van der Waals surface area contributed by atoms with Gasteiger partial charge in [-0.1, -0.05) is 6.07 Å². The van der Waals surface area contributed by atoms with E-state index >= 15 is 0 Å². The molecule has 25 heavy (non-hydrogen) atoms. The van der Waals surface area contributed by atoms with Gasteiger partial charge < -0.3 is 15.1 Å². The molecule has 3 rings (SSSR count). The number of thiophene rings is 1. The van der Waals surface area contributed by atoms with Crippen molar-refractivity contribution in [1.82, 2.24) is 10.6 Å². The average molecular weight is 491 g/mol. The smallest absolute Gasteiger partial charge is 0.191 e. The van der Waals surface area contributed by atoms with E-state index in [1.165, 1.54) is 23.5 Å². The minimum absolute atomic E-state index is 0. The Bertz CT molecular complexity index is 623. The summed E-state index contributed by atoms with van der Waals surface area (Å²) in [7, 11) is 0. The van der Waals surface area contributed by atoms with E-state index in [2.05, 4.69) is 46.8 Å². The summed E-state index contributed by atoms with van der Waals surface area (Å²) in [5.41, 5.74) is 0. The highest BCUT2D eigenvalue weighted by Gasteiger charge is 2.29. The number of aliphatic imine (C=N–C) groups is 1. The highest BCUT2D eigenvalue weighted by atomic mass is 127. The number of nitrogens with one attached hydrogen (secondary N) is 2. The molecule has 0 bridgehead atoms. The largest absolute Gasteiger partial charge is 0.469 e. The predicted molar refractivity (Wildman–Crippen MR) is 119 cm³/mol. The zero-order valence-corrected chi connectivity index (χ0v) is 18.5. The van der Waals surface area contributed by atoms with E-state index in [4.69, 9.17) is 9.41 Å². The molecule has 1 aliphatic rings. The molecule has 2 aromatic heterocycles. The van der Waals surface area contributed by atoms with E-state index in [1.54, 1.807) is 17.6 Å². The quantitative estimate of drug-likeness (QED) is 0.340. The van der Waals surface area contributed by atoms with Crippen LogP contribution in [0.25, 0.3) is 0 Å². The lowest BCUT2D eigenvalue weighted by Crippen LogP contribution is -2.44. The molecule has 1 fully saturated rings. The molecular formula is C18H26IN3OS2. The highest BCUT2D eigenvalue weighted by molar-refractivity contribution is 14.0. The molecule has 0 saturated carbocycles. The molecule has 0 aliphatic carbocycles. The van der Waals surface area contributed by atoms with Crippen molar-refractivity contribution in [3.05, 3.63) is 46.5 Å². The van der Waals surface area contributed by atoms with Crippen molar-refractivity contribution in [2.45, 2.75) is 37.5 Å². The van der Waals surface area contributed by atoms with Gasteiger partial charge in [0, 0.05) is 29.1 Å². The summed E-state index contributed by atoms with van der Waals surface area (Å²) in [6.07, 6.45) is 5.17. The number of nitrogens with zero attached hydrogens (tertiary/aromatic N) is 1. The molecule has 1 aliphatic heterocycles. The van der Waals surface area contributed by atoms with Gasteiger partial charge in [0.25, 0.3) is 0 Å². The van der Waals surface area contributed by atoms with Gasteiger partial charge in [-0.05, 0) is 49.1 Å². The fraction of sp³-hybridized carbons (Fsp3) is 0.500. The van der Waals surface area contributed by atoms with Crippen LogP contribution in [-0.4, -0.2) is 29.5 Å². The Labute approximate surface area is 175 Å². The minimum atomic E-state index is 0. The normalized spacial score (nSPS) is 20.3. The van der Waals surface area contributed by atoms with Crippen LogP contribution < -0.4 is 10.6 Å². The monoisotopic (exact) mass is 491 g/mol. The zero-order valence-electron chi connectivity index (χ0n) is 14.5. The second-order valence-electron chi connectivity index (χ2n) is 6.26. The molecule has 1 atom stereocenters. The Balaban J connectivity index is 0.00000225. The molecular weight excluding hydrogens is 465 g/mol. The lowest BCUT2D eigenvalue weighted by molar-refractivity contribution is 0.506. The van der Waals surface area contributed by atoms with Crippen LogP contribution in [-0.2, 0) is 13.0 Å². The Morgan fingerprint density at radius 3 is 2.92 bits per heavy atom. The summed E-state index contributed by atoms with van der Waals surface area (Å²) < 4.78 is 5.72. The molecule has 3 heterocycles. The maximum Gasteiger partial charge on any atom is 0.191 e. The number of hydrogen-bond acceptors (Lipinski definition) is 4. The van der Waals surface area contributed by atoms with Crippen molar-refractivity contribution >= 4 is 53.0 Å². The third-order valence-electron chi connectivity index (χ3n) is 4.15. The van der Waals surface area contributed by atoms with Gasteiger partial charge in [-0.25, -0.2) is 4.99 Å². The van der Waals surface area contributed by atoms with E-state index in [0.717, 1.165) is 37.8 Å². The van der Waals surface area contributed by atoms with Gasteiger partial charge in [-0.3, -0.25) is 0 Å². The summed E-state index contributed by atoms with van der Waals surface area (Å²) >= 11 is 3.81. The first-order valence-corrected chi connectivity index (χ1v) is 10.3.